The molecule has 0 atom stereocenters. The lowest BCUT2D eigenvalue weighted by Crippen LogP contribution is -1.97. The molecule has 0 unspecified atom stereocenters. The molecule has 0 fully saturated rings. The molecule has 2 aromatic carbocycles. The molecule has 108 valence electrons. The lowest BCUT2D eigenvalue weighted by molar-refractivity contribution is -0.134. The highest BCUT2D eigenvalue weighted by Crippen LogP contribution is 2.25. The normalized spacial score (nSPS) is 10.6. The van der Waals surface area contributed by atoms with Crippen molar-refractivity contribution in [2.24, 2.45) is 0 Å². The molecule has 2 rings (SSSR count). The molecule has 0 bridgehead atoms. The third-order valence-corrected chi connectivity index (χ3v) is 3.30. The van der Waals surface area contributed by atoms with Crippen LogP contribution in [0.25, 0.3) is 6.08 Å². The maximum Gasteiger partial charge on any atom is 0.330 e. The minimum absolute atomic E-state index is 0.399. The van der Waals surface area contributed by atoms with Crippen molar-refractivity contribution in [3.63, 3.8) is 0 Å². The Morgan fingerprint density at radius 1 is 1.19 bits per heavy atom. The number of esters is 1. The predicted octanol–water partition coefficient (Wildman–Crippen LogP) is 4.21. The largest absolute Gasteiger partial charge is 0.488 e. The van der Waals surface area contributed by atoms with E-state index in [1.54, 1.807) is 6.08 Å². The van der Waals surface area contributed by atoms with Crippen LogP contribution in [0.3, 0.4) is 0 Å². The molecule has 0 N–H and O–H groups in total. The average Bonchev–Trinajstić information content (AvgIpc) is 2.52. The van der Waals surface area contributed by atoms with Crippen molar-refractivity contribution in [1.29, 1.82) is 0 Å². The van der Waals surface area contributed by atoms with Gasteiger partial charge in [-0.25, -0.2) is 4.79 Å². The fraction of sp³-hybridized carbons (Fsp3) is 0.118. The number of methoxy groups -OCH3 is 1. The lowest BCUT2D eigenvalue weighted by Gasteiger charge is -2.10. The first-order valence-corrected chi connectivity index (χ1v) is 7.20. The smallest absolute Gasteiger partial charge is 0.330 e. The zero-order valence-electron chi connectivity index (χ0n) is 11.6. The fourth-order valence-corrected chi connectivity index (χ4v) is 2.12. The van der Waals surface area contributed by atoms with Crippen LogP contribution in [0.15, 0.2) is 59.1 Å². The fourth-order valence-electron chi connectivity index (χ4n) is 1.74. The first-order valence-electron chi connectivity index (χ1n) is 6.41. The number of halogens is 1. The summed E-state index contributed by atoms with van der Waals surface area (Å²) in [4.78, 5) is 11.2. The van der Waals surface area contributed by atoms with Crippen molar-refractivity contribution in [2.75, 3.05) is 7.11 Å². The van der Waals surface area contributed by atoms with Crippen molar-refractivity contribution < 1.29 is 14.3 Å². The van der Waals surface area contributed by atoms with Gasteiger partial charge in [-0.05, 0) is 29.8 Å². The summed E-state index contributed by atoms with van der Waals surface area (Å²) in [6.45, 7) is 0.474. The highest BCUT2D eigenvalue weighted by Gasteiger charge is 2.04. The maximum atomic E-state index is 11.2. The first kappa shape index (κ1) is 15.3. The maximum absolute atomic E-state index is 11.2. The van der Waals surface area contributed by atoms with Gasteiger partial charge in [0.1, 0.15) is 12.4 Å². The minimum Gasteiger partial charge on any atom is -0.488 e. The van der Waals surface area contributed by atoms with Gasteiger partial charge in [-0.1, -0.05) is 46.3 Å². The molecule has 0 aromatic heterocycles. The standard InChI is InChI=1S/C17H15BrO3/c1-20-17(19)10-7-14-11-15(18)8-9-16(14)21-12-13-5-3-2-4-6-13/h2-11H,12H2,1H3. The van der Waals surface area contributed by atoms with Gasteiger partial charge >= 0.3 is 5.97 Å². The molecule has 0 radical (unpaired) electrons. The Hall–Kier alpha value is -2.07. The Bertz CT molecular complexity index is 636. The van der Waals surface area contributed by atoms with E-state index in [9.17, 15) is 4.79 Å². The Morgan fingerprint density at radius 2 is 1.95 bits per heavy atom. The van der Waals surface area contributed by atoms with E-state index in [2.05, 4.69) is 20.7 Å². The van der Waals surface area contributed by atoms with Crippen molar-refractivity contribution in [2.45, 2.75) is 6.61 Å². The minimum atomic E-state index is -0.399. The van der Waals surface area contributed by atoms with Crippen molar-refractivity contribution >= 4 is 28.0 Å². The Balaban J connectivity index is 2.15. The highest BCUT2D eigenvalue weighted by atomic mass is 79.9. The summed E-state index contributed by atoms with van der Waals surface area (Å²) in [6.07, 6.45) is 3.05. The summed E-state index contributed by atoms with van der Waals surface area (Å²) in [6, 6.07) is 15.6. The van der Waals surface area contributed by atoms with Gasteiger partial charge < -0.3 is 9.47 Å². The Labute approximate surface area is 132 Å². The summed E-state index contributed by atoms with van der Waals surface area (Å²) in [5, 5.41) is 0. The van der Waals surface area contributed by atoms with Gasteiger partial charge in [0.05, 0.1) is 7.11 Å². The van der Waals surface area contributed by atoms with E-state index >= 15 is 0 Å². The van der Waals surface area contributed by atoms with E-state index in [1.165, 1.54) is 13.2 Å². The van der Waals surface area contributed by atoms with Crippen LogP contribution in [-0.4, -0.2) is 13.1 Å². The van der Waals surface area contributed by atoms with Crippen LogP contribution < -0.4 is 4.74 Å². The predicted molar refractivity (Wildman–Crippen MR) is 86.0 cm³/mol. The first-order chi connectivity index (χ1) is 10.2. The molecule has 0 heterocycles. The number of rotatable bonds is 5. The van der Waals surface area contributed by atoms with Crippen LogP contribution in [0.4, 0.5) is 0 Å². The average molecular weight is 347 g/mol. The van der Waals surface area contributed by atoms with Gasteiger partial charge in [-0.3, -0.25) is 0 Å². The van der Waals surface area contributed by atoms with E-state index in [0.717, 1.165) is 15.6 Å². The van der Waals surface area contributed by atoms with E-state index in [0.29, 0.717) is 12.4 Å². The summed E-state index contributed by atoms with van der Waals surface area (Å²) in [7, 11) is 1.35. The molecule has 0 amide bonds. The molecule has 0 spiro atoms. The number of hydrogen-bond donors (Lipinski definition) is 0. The molecule has 0 aliphatic carbocycles. The number of hydrogen-bond acceptors (Lipinski definition) is 3. The third-order valence-electron chi connectivity index (χ3n) is 2.81. The van der Waals surface area contributed by atoms with Gasteiger partial charge in [-0.2, -0.15) is 0 Å². The molecule has 3 nitrogen and oxygen atoms in total. The quantitative estimate of drug-likeness (QED) is 0.600. The van der Waals surface area contributed by atoms with Gasteiger partial charge in [0.25, 0.3) is 0 Å². The van der Waals surface area contributed by atoms with Gasteiger partial charge in [-0.15, -0.1) is 0 Å². The topological polar surface area (TPSA) is 35.5 Å². The second-order valence-corrected chi connectivity index (χ2v) is 5.23. The van der Waals surface area contributed by atoms with Crippen LogP contribution >= 0.6 is 15.9 Å². The second kappa shape index (κ2) is 7.64. The molecular weight excluding hydrogens is 332 g/mol. The summed E-state index contributed by atoms with van der Waals surface area (Å²) in [5.74, 6) is 0.311. The number of carbonyl (C=O) groups excluding carboxylic acids is 1. The van der Waals surface area contributed by atoms with E-state index in [-0.39, 0.29) is 0 Å². The van der Waals surface area contributed by atoms with Crippen LogP contribution in [-0.2, 0) is 16.1 Å². The Morgan fingerprint density at radius 3 is 2.67 bits per heavy atom. The zero-order chi connectivity index (χ0) is 15.1. The Kier molecular flexibility index (Phi) is 5.58. The van der Waals surface area contributed by atoms with E-state index in [4.69, 9.17) is 4.74 Å². The van der Waals surface area contributed by atoms with E-state index < -0.39 is 5.97 Å². The molecule has 21 heavy (non-hydrogen) atoms. The second-order valence-electron chi connectivity index (χ2n) is 4.31. The third kappa shape index (κ3) is 4.76. The lowest BCUT2D eigenvalue weighted by atomic mass is 10.2. The van der Waals surface area contributed by atoms with Gasteiger partial charge in [0, 0.05) is 16.1 Å². The van der Waals surface area contributed by atoms with E-state index in [1.807, 2.05) is 48.5 Å². The summed E-state index contributed by atoms with van der Waals surface area (Å²) in [5.41, 5.74) is 1.90. The highest BCUT2D eigenvalue weighted by molar-refractivity contribution is 9.10. The monoisotopic (exact) mass is 346 g/mol. The van der Waals surface area contributed by atoms with Gasteiger partial charge in [0.2, 0.25) is 0 Å². The van der Waals surface area contributed by atoms with Crippen molar-refractivity contribution in [3.05, 3.63) is 70.2 Å². The van der Waals surface area contributed by atoms with Gasteiger partial charge in [0.15, 0.2) is 0 Å². The number of benzene rings is 2. The SMILES string of the molecule is COC(=O)C=Cc1cc(Br)ccc1OCc1ccccc1. The van der Waals surface area contributed by atoms with Crippen molar-refractivity contribution in [3.8, 4) is 5.75 Å². The summed E-state index contributed by atoms with van der Waals surface area (Å²) < 4.78 is 11.3. The van der Waals surface area contributed by atoms with Crippen LogP contribution in [0.1, 0.15) is 11.1 Å². The molecule has 4 heteroatoms. The zero-order valence-corrected chi connectivity index (χ0v) is 13.2. The molecule has 0 saturated carbocycles. The van der Waals surface area contributed by atoms with Crippen LogP contribution in [0, 0.1) is 0 Å². The molecule has 2 aromatic rings. The van der Waals surface area contributed by atoms with Crippen molar-refractivity contribution in [1.82, 2.24) is 0 Å². The number of carbonyl (C=O) groups is 1. The molecule has 0 aliphatic heterocycles. The number of ether oxygens (including phenoxy) is 2. The molecule has 0 saturated heterocycles. The molecular formula is C17H15BrO3. The summed E-state index contributed by atoms with van der Waals surface area (Å²) >= 11 is 3.41. The van der Waals surface area contributed by atoms with Crippen LogP contribution in [0.5, 0.6) is 5.75 Å². The molecule has 0 aliphatic rings. The van der Waals surface area contributed by atoms with Crippen LogP contribution in [0.2, 0.25) is 0 Å².